The Morgan fingerprint density at radius 3 is 2.85 bits per heavy atom. The number of hydrogen-bond acceptors (Lipinski definition) is 4. The maximum atomic E-state index is 12.4. The van der Waals surface area contributed by atoms with Crippen LogP contribution in [0, 0.1) is 0 Å². The van der Waals surface area contributed by atoms with Crippen LogP contribution >= 0.6 is 0 Å². The molecule has 1 fully saturated rings. The van der Waals surface area contributed by atoms with E-state index >= 15 is 0 Å². The molecule has 0 saturated carbocycles. The number of nitrogens with one attached hydrogen (secondary N) is 1. The van der Waals surface area contributed by atoms with Gasteiger partial charge in [0.25, 0.3) is 5.91 Å². The number of ether oxygens (including phenoxy) is 1. The van der Waals surface area contributed by atoms with Crippen molar-refractivity contribution in [2.45, 2.75) is 45.1 Å². The lowest BCUT2D eigenvalue weighted by Gasteiger charge is -2.27. The lowest BCUT2D eigenvalue weighted by molar-refractivity contribution is -0.000273. The number of carbonyl (C=O) groups is 1. The summed E-state index contributed by atoms with van der Waals surface area (Å²) in [5, 5.41) is 6.93. The molecule has 2 rings (SSSR count). The summed E-state index contributed by atoms with van der Waals surface area (Å²) < 4.78 is 5.65. The van der Waals surface area contributed by atoms with Gasteiger partial charge in [-0.2, -0.15) is 5.10 Å². The minimum Gasteiger partial charge on any atom is -0.395 e. The first-order valence-electron chi connectivity index (χ1n) is 7.21. The quantitative estimate of drug-likeness (QED) is 0.880. The second kappa shape index (κ2) is 6.26. The predicted octanol–water partition coefficient (Wildman–Crippen LogP) is 1.76. The van der Waals surface area contributed by atoms with Gasteiger partial charge in [0.2, 0.25) is 0 Å². The first-order chi connectivity index (χ1) is 9.50. The average Bonchev–Trinajstić information content (AvgIpc) is 2.81. The molecule has 0 spiro atoms. The summed E-state index contributed by atoms with van der Waals surface area (Å²) in [5.41, 5.74) is 7.59. The maximum Gasteiger partial charge on any atom is 0.276 e. The molecule has 6 nitrogen and oxygen atoms in total. The number of H-pyrrole nitrogens is 1. The number of carbonyl (C=O) groups excluding carboxylic acids is 1. The molecule has 0 aromatic carbocycles. The van der Waals surface area contributed by atoms with Crippen LogP contribution < -0.4 is 5.73 Å². The van der Waals surface area contributed by atoms with Crippen molar-refractivity contribution in [3.05, 3.63) is 11.4 Å². The largest absolute Gasteiger partial charge is 0.395 e. The van der Waals surface area contributed by atoms with Crippen molar-refractivity contribution in [1.82, 2.24) is 15.1 Å². The Bertz CT molecular complexity index is 464. The van der Waals surface area contributed by atoms with E-state index in [1.807, 2.05) is 13.8 Å². The van der Waals surface area contributed by atoms with Crippen LogP contribution in [-0.4, -0.2) is 47.3 Å². The van der Waals surface area contributed by atoms with Gasteiger partial charge in [-0.1, -0.05) is 13.8 Å². The van der Waals surface area contributed by atoms with Crippen molar-refractivity contribution >= 4 is 11.6 Å². The van der Waals surface area contributed by atoms with Crippen LogP contribution in [0.25, 0.3) is 0 Å². The molecule has 1 aliphatic heterocycles. The highest BCUT2D eigenvalue weighted by Gasteiger charge is 2.24. The van der Waals surface area contributed by atoms with Crippen molar-refractivity contribution in [3.8, 4) is 0 Å². The fourth-order valence-corrected chi connectivity index (χ4v) is 2.49. The standard InChI is InChI=1S/C14H24N4O2/c1-9(2)12-11(15)13(17-16-12)14(19)18(3)8-10-6-4-5-7-20-10/h9-10H,4-8,15H2,1-3H3,(H,16,17). The Morgan fingerprint density at radius 2 is 2.30 bits per heavy atom. The molecule has 0 bridgehead atoms. The smallest absolute Gasteiger partial charge is 0.276 e. The van der Waals surface area contributed by atoms with Gasteiger partial charge in [0.1, 0.15) is 0 Å². The highest BCUT2D eigenvalue weighted by atomic mass is 16.5. The van der Waals surface area contributed by atoms with Crippen LogP contribution in [0.3, 0.4) is 0 Å². The molecule has 1 aromatic rings. The van der Waals surface area contributed by atoms with Crippen molar-refractivity contribution in [2.75, 3.05) is 25.9 Å². The zero-order valence-electron chi connectivity index (χ0n) is 12.5. The van der Waals surface area contributed by atoms with Crippen LogP contribution in [0.2, 0.25) is 0 Å². The van der Waals surface area contributed by atoms with Gasteiger partial charge in [0, 0.05) is 20.2 Å². The molecule has 3 N–H and O–H groups in total. The van der Waals surface area contributed by atoms with Crippen LogP contribution in [0.1, 0.15) is 55.2 Å². The van der Waals surface area contributed by atoms with Crippen LogP contribution in [0.5, 0.6) is 0 Å². The Hall–Kier alpha value is -1.56. The number of nitrogen functional groups attached to an aromatic ring is 1. The SMILES string of the molecule is CC(C)c1[nH]nc(C(=O)N(C)CC2CCCCO2)c1N. The fraction of sp³-hybridized carbons (Fsp3) is 0.714. The zero-order chi connectivity index (χ0) is 14.7. The second-order valence-electron chi connectivity index (χ2n) is 5.73. The number of nitrogens with zero attached hydrogens (tertiary/aromatic N) is 2. The fourth-order valence-electron chi connectivity index (χ4n) is 2.49. The highest BCUT2D eigenvalue weighted by molar-refractivity contribution is 5.97. The van der Waals surface area contributed by atoms with Gasteiger partial charge in [0.05, 0.1) is 17.5 Å². The summed E-state index contributed by atoms with van der Waals surface area (Å²) in [5.74, 6) is 0.0656. The average molecular weight is 280 g/mol. The van der Waals surface area contributed by atoms with Gasteiger partial charge in [-0.15, -0.1) is 0 Å². The molecule has 112 valence electrons. The monoisotopic (exact) mass is 280 g/mol. The molecule has 1 amide bonds. The normalized spacial score (nSPS) is 19.3. The van der Waals surface area contributed by atoms with Gasteiger partial charge in [0.15, 0.2) is 5.69 Å². The van der Waals surface area contributed by atoms with Crippen molar-refractivity contribution < 1.29 is 9.53 Å². The molecule has 2 heterocycles. The Balaban J connectivity index is 2.02. The summed E-state index contributed by atoms with van der Waals surface area (Å²) >= 11 is 0. The summed E-state index contributed by atoms with van der Waals surface area (Å²) in [4.78, 5) is 14.0. The Kier molecular flexibility index (Phi) is 4.65. The number of aromatic amines is 1. The predicted molar refractivity (Wildman–Crippen MR) is 77.6 cm³/mol. The number of rotatable bonds is 4. The molecular formula is C14H24N4O2. The minimum absolute atomic E-state index is 0.127. The number of aromatic nitrogens is 2. The molecule has 1 saturated heterocycles. The molecule has 20 heavy (non-hydrogen) atoms. The van der Waals surface area contributed by atoms with Gasteiger partial charge in [-0.25, -0.2) is 0 Å². The molecule has 1 unspecified atom stereocenters. The Morgan fingerprint density at radius 1 is 1.55 bits per heavy atom. The summed E-state index contributed by atoms with van der Waals surface area (Å²) in [6.45, 7) is 5.40. The van der Waals surface area contributed by atoms with E-state index in [2.05, 4.69) is 10.2 Å². The van der Waals surface area contributed by atoms with E-state index in [9.17, 15) is 4.79 Å². The van der Waals surface area contributed by atoms with E-state index in [4.69, 9.17) is 10.5 Å². The third kappa shape index (κ3) is 3.12. The van der Waals surface area contributed by atoms with Crippen LogP contribution in [-0.2, 0) is 4.74 Å². The zero-order valence-corrected chi connectivity index (χ0v) is 12.5. The molecule has 6 heteroatoms. The number of nitrogens with two attached hydrogens (primary N) is 1. The maximum absolute atomic E-state index is 12.4. The van der Waals surface area contributed by atoms with Gasteiger partial charge in [-0.3, -0.25) is 9.89 Å². The summed E-state index contributed by atoms with van der Waals surface area (Å²) in [6.07, 6.45) is 3.40. The molecule has 0 aliphatic carbocycles. The first kappa shape index (κ1) is 14.8. The molecule has 0 radical (unpaired) electrons. The molecule has 1 aromatic heterocycles. The minimum atomic E-state index is -0.153. The molecule has 1 aliphatic rings. The molecule has 1 atom stereocenters. The lowest BCUT2D eigenvalue weighted by atomic mass is 10.1. The van der Waals surface area contributed by atoms with Gasteiger partial charge < -0.3 is 15.4 Å². The van der Waals surface area contributed by atoms with Crippen molar-refractivity contribution in [3.63, 3.8) is 0 Å². The van der Waals surface area contributed by atoms with E-state index in [0.717, 1.165) is 31.6 Å². The van der Waals surface area contributed by atoms with E-state index in [-0.39, 0.29) is 17.9 Å². The van der Waals surface area contributed by atoms with E-state index in [1.165, 1.54) is 0 Å². The number of anilines is 1. The number of hydrogen-bond donors (Lipinski definition) is 2. The number of likely N-dealkylation sites (N-methyl/N-ethyl adjacent to an activating group) is 1. The van der Waals surface area contributed by atoms with Crippen LogP contribution in [0.15, 0.2) is 0 Å². The van der Waals surface area contributed by atoms with Crippen molar-refractivity contribution in [2.24, 2.45) is 0 Å². The van der Waals surface area contributed by atoms with Crippen LogP contribution in [0.4, 0.5) is 5.69 Å². The van der Waals surface area contributed by atoms with Crippen molar-refractivity contribution in [1.29, 1.82) is 0 Å². The third-order valence-electron chi connectivity index (χ3n) is 3.71. The first-order valence-corrected chi connectivity index (χ1v) is 7.21. The Labute approximate surface area is 119 Å². The topological polar surface area (TPSA) is 84.2 Å². The highest BCUT2D eigenvalue weighted by Crippen LogP contribution is 2.23. The second-order valence-corrected chi connectivity index (χ2v) is 5.73. The summed E-state index contributed by atoms with van der Waals surface area (Å²) in [6, 6.07) is 0. The summed E-state index contributed by atoms with van der Waals surface area (Å²) in [7, 11) is 1.77. The number of amides is 1. The van der Waals surface area contributed by atoms with E-state index in [1.54, 1.807) is 11.9 Å². The third-order valence-corrected chi connectivity index (χ3v) is 3.71. The van der Waals surface area contributed by atoms with Gasteiger partial charge >= 0.3 is 0 Å². The lowest BCUT2D eigenvalue weighted by Crippen LogP contribution is -2.37. The van der Waals surface area contributed by atoms with Gasteiger partial charge in [-0.05, 0) is 25.2 Å². The van der Waals surface area contributed by atoms with E-state index < -0.39 is 0 Å². The van der Waals surface area contributed by atoms with E-state index in [0.29, 0.717) is 17.9 Å². The molecular weight excluding hydrogens is 256 g/mol.